The molecule has 4 rings (SSSR count). The monoisotopic (exact) mass is 343 g/mol. The van der Waals surface area contributed by atoms with E-state index < -0.39 is 18.2 Å². The second-order valence-electron chi connectivity index (χ2n) is 6.11. The molecule has 0 saturated carbocycles. The van der Waals surface area contributed by atoms with Crippen LogP contribution in [0.1, 0.15) is 33.6 Å². The van der Waals surface area contributed by atoms with Crippen LogP contribution in [0, 0.1) is 0 Å². The Morgan fingerprint density at radius 2 is 1.23 bits per heavy atom. The number of nitrogens with zero attached hydrogens (tertiary/aromatic N) is 1. The molecule has 26 heavy (non-hydrogen) atoms. The van der Waals surface area contributed by atoms with Crippen LogP contribution in [0.5, 0.6) is 0 Å². The second kappa shape index (κ2) is 6.84. The number of carbonyl (C=O) groups is 2. The molecular formula is C22H17NO3. The van der Waals surface area contributed by atoms with E-state index in [-0.39, 0.29) is 5.91 Å². The van der Waals surface area contributed by atoms with Crippen LogP contribution in [0.4, 0.5) is 4.79 Å². The van der Waals surface area contributed by atoms with Gasteiger partial charge in [-0.3, -0.25) is 4.79 Å². The summed E-state index contributed by atoms with van der Waals surface area (Å²) in [5.41, 5.74) is 2.17. The van der Waals surface area contributed by atoms with Gasteiger partial charge in [-0.1, -0.05) is 78.9 Å². The molecule has 4 heteroatoms. The van der Waals surface area contributed by atoms with Crippen molar-refractivity contribution in [2.24, 2.45) is 0 Å². The largest absolute Gasteiger partial charge is 0.438 e. The minimum Gasteiger partial charge on any atom is -0.438 e. The molecule has 4 nitrogen and oxygen atoms in total. The molecule has 1 saturated heterocycles. The zero-order valence-corrected chi connectivity index (χ0v) is 14.0. The van der Waals surface area contributed by atoms with Crippen molar-refractivity contribution < 1.29 is 14.3 Å². The first kappa shape index (κ1) is 16.1. The molecular weight excluding hydrogens is 326 g/mol. The summed E-state index contributed by atoms with van der Waals surface area (Å²) in [4.78, 5) is 26.9. The Hall–Kier alpha value is -3.40. The standard InChI is InChI=1S/C22H17NO3/c24-21(18-14-8-3-9-15-18)23-19(16-10-4-1-5-11-16)20(26-22(23)25)17-12-6-2-7-13-17/h1-15,19-20H/t19-,20+/m0/s1. The molecule has 1 aliphatic rings. The third kappa shape index (κ3) is 2.86. The lowest BCUT2D eigenvalue weighted by Crippen LogP contribution is -2.34. The van der Waals surface area contributed by atoms with Gasteiger partial charge < -0.3 is 4.74 Å². The van der Waals surface area contributed by atoms with Crippen molar-refractivity contribution >= 4 is 12.0 Å². The summed E-state index contributed by atoms with van der Waals surface area (Å²) in [6, 6.07) is 27.3. The van der Waals surface area contributed by atoms with Gasteiger partial charge in [-0.15, -0.1) is 0 Å². The predicted octanol–water partition coefficient (Wildman–Crippen LogP) is 4.76. The van der Waals surface area contributed by atoms with E-state index in [2.05, 4.69) is 0 Å². The van der Waals surface area contributed by atoms with Crippen LogP contribution in [0.2, 0.25) is 0 Å². The van der Waals surface area contributed by atoms with Crippen LogP contribution in [-0.4, -0.2) is 16.9 Å². The lowest BCUT2D eigenvalue weighted by atomic mass is 9.95. The number of imide groups is 1. The molecule has 2 atom stereocenters. The van der Waals surface area contributed by atoms with Crippen LogP contribution in [0.15, 0.2) is 91.0 Å². The van der Waals surface area contributed by atoms with Crippen molar-refractivity contribution in [3.63, 3.8) is 0 Å². The summed E-state index contributed by atoms with van der Waals surface area (Å²) in [6.45, 7) is 0. The number of hydrogen-bond acceptors (Lipinski definition) is 3. The Morgan fingerprint density at radius 3 is 1.81 bits per heavy atom. The lowest BCUT2D eigenvalue weighted by Gasteiger charge is -2.24. The minimum atomic E-state index is -0.624. The number of hydrogen-bond donors (Lipinski definition) is 0. The van der Waals surface area contributed by atoms with E-state index in [0.29, 0.717) is 5.56 Å². The van der Waals surface area contributed by atoms with Crippen LogP contribution >= 0.6 is 0 Å². The molecule has 1 heterocycles. The minimum absolute atomic E-state index is 0.358. The van der Waals surface area contributed by atoms with Gasteiger partial charge in [-0.25, -0.2) is 9.69 Å². The zero-order chi connectivity index (χ0) is 17.9. The highest BCUT2D eigenvalue weighted by atomic mass is 16.6. The molecule has 2 amide bonds. The highest BCUT2D eigenvalue weighted by Crippen LogP contribution is 2.43. The summed E-state index contributed by atoms with van der Waals surface area (Å²) in [5, 5.41) is 0. The smallest absolute Gasteiger partial charge is 0.418 e. The maximum Gasteiger partial charge on any atom is 0.418 e. The molecule has 0 N–H and O–H groups in total. The van der Waals surface area contributed by atoms with Crippen LogP contribution in [0.25, 0.3) is 0 Å². The fourth-order valence-corrected chi connectivity index (χ4v) is 3.27. The average molecular weight is 343 g/mol. The molecule has 0 bridgehead atoms. The van der Waals surface area contributed by atoms with Gasteiger partial charge in [0.2, 0.25) is 0 Å². The normalized spacial score (nSPS) is 19.2. The van der Waals surface area contributed by atoms with E-state index in [4.69, 9.17) is 4.74 Å². The zero-order valence-electron chi connectivity index (χ0n) is 14.0. The van der Waals surface area contributed by atoms with Crippen molar-refractivity contribution in [2.45, 2.75) is 12.1 Å². The van der Waals surface area contributed by atoms with Gasteiger partial charge in [0.15, 0.2) is 6.10 Å². The molecule has 1 aliphatic heterocycles. The Labute approximate surface area is 151 Å². The SMILES string of the molecule is O=C1O[C@H](c2ccccc2)[C@H](c2ccccc2)N1C(=O)c1ccccc1. The van der Waals surface area contributed by atoms with Crippen molar-refractivity contribution in [3.8, 4) is 0 Å². The lowest BCUT2D eigenvalue weighted by molar-refractivity contribution is 0.0772. The van der Waals surface area contributed by atoms with Crippen LogP contribution in [-0.2, 0) is 4.74 Å². The van der Waals surface area contributed by atoms with Gasteiger partial charge in [0.05, 0.1) is 0 Å². The van der Waals surface area contributed by atoms with Crippen LogP contribution < -0.4 is 0 Å². The third-order valence-corrected chi connectivity index (χ3v) is 4.50. The Kier molecular flexibility index (Phi) is 4.23. The number of cyclic esters (lactones) is 1. The summed E-state index contributed by atoms with van der Waals surface area (Å²) in [7, 11) is 0. The number of carbonyl (C=O) groups excluding carboxylic acids is 2. The highest BCUT2D eigenvalue weighted by Gasteiger charge is 2.47. The first-order valence-corrected chi connectivity index (χ1v) is 8.45. The maximum atomic E-state index is 13.0. The molecule has 3 aromatic rings. The fraction of sp³-hybridized carbons (Fsp3) is 0.0909. The van der Waals surface area contributed by atoms with Gasteiger partial charge in [0.1, 0.15) is 6.04 Å². The number of ether oxygens (including phenoxy) is 1. The second-order valence-corrected chi connectivity index (χ2v) is 6.11. The van der Waals surface area contributed by atoms with Gasteiger partial charge in [-0.2, -0.15) is 0 Å². The molecule has 128 valence electrons. The van der Waals surface area contributed by atoms with Gasteiger partial charge in [0, 0.05) is 5.56 Å². The van der Waals surface area contributed by atoms with E-state index in [1.165, 1.54) is 4.90 Å². The molecule has 3 aromatic carbocycles. The van der Waals surface area contributed by atoms with Crippen LogP contribution in [0.3, 0.4) is 0 Å². The summed E-state index contributed by atoms with van der Waals surface area (Å²) >= 11 is 0. The van der Waals surface area contributed by atoms with Crippen molar-refractivity contribution in [1.82, 2.24) is 4.90 Å². The molecule has 1 fully saturated rings. The number of amides is 2. The number of benzene rings is 3. The van der Waals surface area contributed by atoms with E-state index in [0.717, 1.165) is 11.1 Å². The maximum absolute atomic E-state index is 13.0. The quantitative estimate of drug-likeness (QED) is 0.689. The van der Waals surface area contributed by atoms with Crippen molar-refractivity contribution in [2.75, 3.05) is 0 Å². The summed E-state index contributed by atoms with van der Waals surface area (Å²) in [6.07, 6.45) is -1.17. The average Bonchev–Trinajstić information content (AvgIpc) is 3.06. The third-order valence-electron chi connectivity index (χ3n) is 4.50. The predicted molar refractivity (Wildman–Crippen MR) is 97.5 cm³/mol. The Balaban J connectivity index is 1.79. The van der Waals surface area contributed by atoms with Gasteiger partial charge in [0.25, 0.3) is 5.91 Å². The molecule has 0 aromatic heterocycles. The first-order valence-electron chi connectivity index (χ1n) is 8.45. The van der Waals surface area contributed by atoms with Crippen molar-refractivity contribution in [1.29, 1.82) is 0 Å². The fourth-order valence-electron chi connectivity index (χ4n) is 3.27. The highest BCUT2D eigenvalue weighted by molar-refractivity contribution is 6.04. The van der Waals surface area contributed by atoms with E-state index in [1.807, 2.05) is 66.7 Å². The molecule has 0 radical (unpaired) electrons. The molecule has 0 spiro atoms. The van der Waals surface area contributed by atoms with E-state index in [9.17, 15) is 9.59 Å². The summed E-state index contributed by atoms with van der Waals surface area (Å²) in [5.74, 6) is -0.358. The number of rotatable bonds is 3. The summed E-state index contributed by atoms with van der Waals surface area (Å²) < 4.78 is 5.64. The molecule has 0 aliphatic carbocycles. The van der Waals surface area contributed by atoms with Crippen molar-refractivity contribution in [3.05, 3.63) is 108 Å². The van der Waals surface area contributed by atoms with Gasteiger partial charge in [-0.05, 0) is 23.3 Å². The Morgan fingerprint density at radius 1 is 0.731 bits per heavy atom. The van der Waals surface area contributed by atoms with E-state index in [1.54, 1.807) is 24.3 Å². The molecule has 0 unspecified atom stereocenters. The van der Waals surface area contributed by atoms with Gasteiger partial charge >= 0.3 is 6.09 Å². The van der Waals surface area contributed by atoms with E-state index >= 15 is 0 Å². The topological polar surface area (TPSA) is 46.6 Å². The first-order chi connectivity index (χ1) is 12.8. The Bertz CT molecular complexity index is 910.